The van der Waals surface area contributed by atoms with E-state index in [2.05, 4.69) is 10.1 Å². The van der Waals surface area contributed by atoms with Crippen LogP contribution in [0.2, 0.25) is 0 Å². The van der Waals surface area contributed by atoms with Crippen molar-refractivity contribution in [3.63, 3.8) is 0 Å². The Morgan fingerprint density at radius 3 is 2.81 bits per heavy atom. The van der Waals surface area contributed by atoms with Crippen molar-refractivity contribution in [2.24, 2.45) is 7.05 Å². The summed E-state index contributed by atoms with van der Waals surface area (Å²) in [5.41, 5.74) is -0.848. The number of esters is 1. The maximum atomic E-state index is 13.4. The first-order valence-electron chi connectivity index (χ1n) is 7.74. The summed E-state index contributed by atoms with van der Waals surface area (Å²) in [6.07, 6.45) is 0.502. The highest BCUT2D eigenvalue weighted by Gasteiger charge is 2.38. The first-order chi connectivity index (χ1) is 12.3. The molecule has 0 spiro atoms. The summed E-state index contributed by atoms with van der Waals surface area (Å²) in [5.74, 6) is -0.586. The van der Waals surface area contributed by atoms with Crippen LogP contribution in [-0.2, 0) is 22.8 Å². The summed E-state index contributed by atoms with van der Waals surface area (Å²) >= 11 is 0. The molecule has 136 valence electrons. The van der Waals surface area contributed by atoms with Crippen LogP contribution in [-0.4, -0.2) is 31.9 Å². The minimum atomic E-state index is -4.68. The first kappa shape index (κ1) is 17.7. The molecule has 3 aromatic rings. The average Bonchev–Trinajstić information content (AvgIpc) is 3.13. The number of aromatic nitrogens is 4. The number of fused-ring (bicyclic) bond motifs is 1. The van der Waals surface area contributed by atoms with Crippen molar-refractivity contribution < 1.29 is 22.7 Å². The minimum Gasteiger partial charge on any atom is -0.463 e. The zero-order valence-corrected chi connectivity index (χ0v) is 14.0. The summed E-state index contributed by atoms with van der Waals surface area (Å²) in [7, 11) is 1.40. The molecule has 0 radical (unpaired) electrons. The Labute approximate surface area is 146 Å². The number of nitrogens with zero attached hydrogens (tertiary/aromatic N) is 4. The number of ether oxygens (including phenoxy) is 1. The number of carbonyl (C=O) groups is 1. The number of halogens is 3. The van der Waals surface area contributed by atoms with Crippen molar-refractivity contribution in [2.75, 3.05) is 6.61 Å². The number of rotatable bonds is 4. The summed E-state index contributed by atoms with van der Waals surface area (Å²) in [6.45, 7) is 1.74. The molecule has 3 rings (SSSR count). The van der Waals surface area contributed by atoms with Crippen LogP contribution in [0.5, 0.6) is 0 Å². The molecule has 0 saturated carbocycles. The lowest BCUT2D eigenvalue weighted by molar-refractivity contribution is -0.141. The van der Waals surface area contributed by atoms with Gasteiger partial charge >= 0.3 is 12.1 Å². The fourth-order valence-corrected chi connectivity index (χ4v) is 2.66. The van der Waals surface area contributed by atoms with Crippen molar-refractivity contribution in [1.29, 1.82) is 0 Å². The summed E-state index contributed by atoms with van der Waals surface area (Å²) in [5, 5.41) is 4.37. The topological polar surface area (TPSA) is 61.9 Å². The Kier molecular flexibility index (Phi) is 4.54. The van der Waals surface area contributed by atoms with Crippen LogP contribution in [0.1, 0.15) is 18.2 Å². The van der Waals surface area contributed by atoms with Gasteiger partial charge in [-0.3, -0.25) is 9.25 Å². The lowest BCUT2D eigenvalue weighted by atomic mass is 10.2. The fourth-order valence-electron chi connectivity index (χ4n) is 2.66. The Morgan fingerprint density at radius 1 is 1.35 bits per heavy atom. The van der Waals surface area contributed by atoms with Gasteiger partial charge in [-0.25, -0.2) is 9.78 Å². The van der Waals surface area contributed by atoms with E-state index in [0.717, 1.165) is 22.2 Å². The molecule has 0 saturated heterocycles. The van der Waals surface area contributed by atoms with Gasteiger partial charge in [-0.05, 0) is 31.2 Å². The molecule has 0 N–H and O–H groups in total. The van der Waals surface area contributed by atoms with E-state index in [0.29, 0.717) is 5.65 Å². The van der Waals surface area contributed by atoms with E-state index in [-0.39, 0.29) is 18.0 Å². The van der Waals surface area contributed by atoms with Gasteiger partial charge in [-0.1, -0.05) is 0 Å². The first-order valence-corrected chi connectivity index (χ1v) is 7.74. The number of pyridine rings is 1. The van der Waals surface area contributed by atoms with Gasteiger partial charge in [0, 0.05) is 30.9 Å². The lowest BCUT2D eigenvalue weighted by Gasteiger charge is -2.08. The standard InChI is InChI=1S/C17H15F3N4O2/c1-3-26-13(25)7-6-12-14(17(18,19)20)22-23(2)16(12)24-10-8-11-5-4-9-21-15(11)24/h4-10H,3H2,1-2H3/b7-6+. The zero-order valence-electron chi connectivity index (χ0n) is 14.0. The Hall–Kier alpha value is -3.10. The predicted octanol–water partition coefficient (Wildman–Crippen LogP) is 3.35. The molecular weight excluding hydrogens is 349 g/mol. The fraction of sp³-hybridized carbons (Fsp3) is 0.235. The largest absolute Gasteiger partial charge is 0.463 e. The predicted molar refractivity (Wildman–Crippen MR) is 88.5 cm³/mol. The average molecular weight is 364 g/mol. The zero-order chi connectivity index (χ0) is 18.9. The van der Waals surface area contributed by atoms with Crippen LogP contribution in [0.3, 0.4) is 0 Å². The molecule has 0 bridgehead atoms. The number of hydrogen-bond donors (Lipinski definition) is 0. The minimum absolute atomic E-state index is 0.126. The molecule has 6 nitrogen and oxygen atoms in total. The Bertz CT molecular complexity index is 986. The second kappa shape index (κ2) is 6.66. The van der Waals surface area contributed by atoms with Crippen LogP contribution < -0.4 is 0 Å². The molecule has 0 amide bonds. The van der Waals surface area contributed by atoms with E-state index in [9.17, 15) is 18.0 Å². The molecule has 0 aliphatic heterocycles. The second-order valence-electron chi connectivity index (χ2n) is 5.39. The van der Waals surface area contributed by atoms with Gasteiger partial charge in [0.25, 0.3) is 0 Å². The second-order valence-corrected chi connectivity index (χ2v) is 5.39. The van der Waals surface area contributed by atoms with E-state index in [1.54, 1.807) is 37.5 Å². The quantitative estimate of drug-likeness (QED) is 0.526. The highest BCUT2D eigenvalue weighted by molar-refractivity contribution is 5.88. The van der Waals surface area contributed by atoms with Crippen molar-refractivity contribution in [3.8, 4) is 5.82 Å². The molecule has 0 fully saturated rings. The summed E-state index contributed by atoms with van der Waals surface area (Å²) < 4.78 is 47.6. The molecule has 3 heterocycles. The molecule has 0 aromatic carbocycles. The van der Waals surface area contributed by atoms with Gasteiger partial charge in [-0.2, -0.15) is 18.3 Å². The number of hydrogen-bond acceptors (Lipinski definition) is 4. The Morgan fingerprint density at radius 2 is 2.12 bits per heavy atom. The maximum absolute atomic E-state index is 13.4. The highest BCUT2D eigenvalue weighted by atomic mass is 19.4. The van der Waals surface area contributed by atoms with Crippen LogP contribution in [0.15, 0.2) is 36.7 Å². The number of carbonyl (C=O) groups excluding carboxylic acids is 1. The smallest absolute Gasteiger partial charge is 0.435 e. The highest BCUT2D eigenvalue weighted by Crippen LogP contribution is 2.35. The van der Waals surface area contributed by atoms with E-state index >= 15 is 0 Å². The number of aryl methyl sites for hydroxylation is 1. The van der Waals surface area contributed by atoms with Gasteiger partial charge in [0.15, 0.2) is 5.69 Å². The maximum Gasteiger partial charge on any atom is 0.435 e. The van der Waals surface area contributed by atoms with Gasteiger partial charge in [0.05, 0.1) is 12.2 Å². The third-order valence-electron chi connectivity index (χ3n) is 3.67. The third-order valence-corrected chi connectivity index (χ3v) is 3.67. The molecule has 26 heavy (non-hydrogen) atoms. The van der Waals surface area contributed by atoms with Gasteiger partial charge in [-0.15, -0.1) is 0 Å². The monoisotopic (exact) mass is 364 g/mol. The van der Waals surface area contributed by atoms with E-state index in [1.807, 2.05) is 0 Å². The summed E-state index contributed by atoms with van der Waals surface area (Å²) in [4.78, 5) is 15.8. The molecular formula is C17H15F3N4O2. The van der Waals surface area contributed by atoms with Crippen LogP contribution in [0.25, 0.3) is 22.9 Å². The SMILES string of the molecule is CCOC(=O)/C=C/c1c(C(F)(F)F)nn(C)c1-n1ccc2cccnc21. The molecule has 0 unspecified atom stereocenters. The van der Waals surface area contributed by atoms with Crippen molar-refractivity contribution in [2.45, 2.75) is 13.1 Å². The van der Waals surface area contributed by atoms with Crippen LogP contribution in [0.4, 0.5) is 13.2 Å². The lowest BCUT2D eigenvalue weighted by Crippen LogP contribution is -2.08. The van der Waals surface area contributed by atoms with E-state index < -0.39 is 17.8 Å². The van der Waals surface area contributed by atoms with Crippen LogP contribution >= 0.6 is 0 Å². The van der Waals surface area contributed by atoms with E-state index in [1.165, 1.54) is 11.6 Å². The summed E-state index contributed by atoms with van der Waals surface area (Å²) in [6, 6.07) is 5.27. The normalized spacial score (nSPS) is 12.2. The molecule has 3 aromatic heterocycles. The van der Waals surface area contributed by atoms with Crippen molar-refractivity contribution in [3.05, 3.63) is 47.9 Å². The van der Waals surface area contributed by atoms with Gasteiger partial charge in [0.2, 0.25) is 0 Å². The third kappa shape index (κ3) is 3.19. The Balaban J connectivity index is 2.21. The molecule has 0 aliphatic rings. The molecule has 0 atom stereocenters. The van der Waals surface area contributed by atoms with E-state index in [4.69, 9.17) is 4.74 Å². The molecule has 9 heteroatoms. The van der Waals surface area contributed by atoms with Crippen molar-refractivity contribution in [1.82, 2.24) is 19.3 Å². The molecule has 0 aliphatic carbocycles. The van der Waals surface area contributed by atoms with Gasteiger partial charge in [0.1, 0.15) is 11.5 Å². The van der Waals surface area contributed by atoms with Crippen molar-refractivity contribution >= 4 is 23.1 Å². The van der Waals surface area contributed by atoms with Crippen LogP contribution in [0, 0.1) is 0 Å². The number of alkyl halides is 3. The van der Waals surface area contributed by atoms with Gasteiger partial charge < -0.3 is 4.74 Å².